The number of nitrogens with zero attached hydrogens (tertiary/aromatic N) is 2. The van der Waals surface area contributed by atoms with E-state index in [9.17, 15) is 9.90 Å². The quantitative estimate of drug-likeness (QED) is 0.879. The number of carbonyl (C=O) groups excluding carboxylic acids is 1. The van der Waals surface area contributed by atoms with Crippen LogP contribution in [0, 0.1) is 13.8 Å². The van der Waals surface area contributed by atoms with Crippen LogP contribution in [0.3, 0.4) is 0 Å². The molecule has 0 bridgehead atoms. The van der Waals surface area contributed by atoms with Crippen LogP contribution in [0.1, 0.15) is 34.9 Å². The summed E-state index contributed by atoms with van der Waals surface area (Å²) in [6.45, 7) is 5.19. The molecule has 1 amide bonds. The maximum atomic E-state index is 12.8. The van der Waals surface area contributed by atoms with Gasteiger partial charge in [0.1, 0.15) is 11.7 Å². The second kappa shape index (κ2) is 6.52. The highest BCUT2D eigenvalue weighted by molar-refractivity contribution is 5.80. The van der Waals surface area contributed by atoms with Gasteiger partial charge in [0.05, 0.1) is 25.3 Å². The summed E-state index contributed by atoms with van der Waals surface area (Å²) in [5, 5.41) is 17.7. The number of aryl methyl sites for hydroxylation is 2. The number of hydrogen-bond donors (Lipinski definition) is 2. The van der Waals surface area contributed by atoms with E-state index in [2.05, 4.69) is 22.3 Å². The lowest BCUT2D eigenvalue weighted by atomic mass is 9.87. The minimum absolute atomic E-state index is 0.0142. The van der Waals surface area contributed by atoms with Gasteiger partial charge in [0.15, 0.2) is 0 Å². The van der Waals surface area contributed by atoms with Crippen molar-refractivity contribution in [3.05, 3.63) is 52.8 Å². The molecule has 4 rings (SSSR count). The van der Waals surface area contributed by atoms with Crippen LogP contribution in [0.2, 0.25) is 0 Å². The zero-order valence-corrected chi connectivity index (χ0v) is 15.2. The first kappa shape index (κ1) is 17.2. The van der Waals surface area contributed by atoms with Crippen LogP contribution in [0.4, 0.5) is 0 Å². The van der Waals surface area contributed by atoms with E-state index in [0.717, 1.165) is 23.4 Å². The number of H-pyrrole nitrogens is 1. The lowest BCUT2D eigenvalue weighted by Gasteiger charge is -2.26. The van der Waals surface area contributed by atoms with Crippen molar-refractivity contribution in [2.24, 2.45) is 0 Å². The maximum Gasteiger partial charge on any atom is 0.227 e. The molecule has 2 aliphatic rings. The van der Waals surface area contributed by atoms with Gasteiger partial charge in [-0.15, -0.1) is 0 Å². The molecule has 6 heteroatoms. The van der Waals surface area contributed by atoms with E-state index in [-0.39, 0.29) is 11.8 Å². The van der Waals surface area contributed by atoms with Crippen LogP contribution in [0.5, 0.6) is 0 Å². The Labute approximate surface area is 153 Å². The van der Waals surface area contributed by atoms with Crippen LogP contribution in [-0.2, 0) is 16.0 Å². The van der Waals surface area contributed by atoms with Gasteiger partial charge in [-0.3, -0.25) is 9.89 Å². The normalized spacial score (nSPS) is 28.2. The van der Waals surface area contributed by atoms with Gasteiger partial charge in [0.2, 0.25) is 5.91 Å². The first-order valence-corrected chi connectivity index (χ1v) is 9.14. The molecule has 2 aromatic rings. The smallest absolute Gasteiger partial charge is 0.227 e. The number of benzene rings is 1. The van der Waals surface area contributed by atoms with Gasteiger partial charge in [0.25, 0.3) is 0 Å². The number of likely N-dealkylation sites (tertiary alicyclic amines) is 1. The summed E-state index contributed by atoms with van der Waals surface area (Å²) in [5.41, 5.74) is 3.31. The average molecular weight is 355 g/mol. The number of nitrogens with one attached hydrogen (secondary N) is 1. The molecule has 1 aromatic carbocycles. The molecule has 1 aromatic heterocycles. The summed E-state index contributed by atoms with van der Waals surface area (Å²) in [6.07, 6.45) is 0.400. The Morgan fingerprint density at radius 3 is 2.85 bits per heavy atom. The number of amides is 1. The highest BCUT2D eigenvalue weighted by Crippen LogP contribution is 2.42. The Kier molecular flexibility index (Phi) is 4.32. The summed E-state index contributed by atoms with van der Waals surface area (Å²) in [7, 11) is 0. The van der Waals surface area contributed by atoms with E-state index in [0.29, 0.717) is 26.1 Å². The van der Waals surface area contributed by atoms with Crippen LogP contribution in [0.15, 0.2) is 30.3 Å². The Bertz CT molecular complexity index is 784. The summed E-state index contributed by atoms with van der Waals surface area (Å²) < 4.78 is 6.08. The summed E-state index contributed by atoms with van der Waals surface area (Å²) in [6, 6.07) is 10.2. The van der Waals surface area contributed by atoms with Crippen LogP contribution in [-0.4, -0.2) is 57.5 Å². The van der Waals surface area contributed by atoms with E-state index >= 15 is 0 Å². The first-order valence-electron chi connectivity index (χ1n) is 9.14. The molecule has 26 heavy (non-hydrogen) atoms. The molecule has 2 fully saturated rings. The van der Waals surface area contributed by atoms with Crippen LogP contribution < -0.4 is 0 Å². The highest BCUT2D eigenvalue weighted by Gasteiger charge is 2.53. The SMILES string of the molecule is Cc1n[nH]c(C)c1CC(=O)N1C[C@@H](O)[C@@]2(C[C@@H](c3ccccc3)CO2)C1. The number of aromatic amines is 1. The number of β-amino-alcohol motifs (C(OH)–C–C–N with tert-alkyl or cyclic N) is 1. The summed E-state index contributed by atoms with van der Waals surface area (Å²) in [4.78, 5) is 14.5. The summed E-state index contributed by atoms with van der Waals surface area (Å²) >= 11 is 0. The van der Waals surface area contributed by atoms with Gasteiger partial charge in [-0.2, -0.15) is 5.10 Å². The Balaban J connectivity index is 1.45. The van der Waals surface area contributed by atoms with E-state index in [4.69, 9.17) is 4.74 Å². The molecule has 2 aliphatic heterocycles. The highest BCUT2D eigenvalue weighted by atomic mass is 16.5. The molecule has 6 nitrogen and oxygen atoms in total. The van der Waals surface area contributed by atoms with Crippen molar-refractivity contribution in [3.8, 4) is 0 Å². The van der Waals surface area contributed by atoms with E-state index in [1.807, 2.05) is 32.0 Å². The molecular formula is C20H25N3O3. The Morgan fingerprint density at radius 1 is 1.38 bits per heavy atom. The molecule has 0 aliphatic carbocycles. The lowest BCUT2D eigenvalue weighted by Crippen LogP contribution is -2.41. The molecular weight excluding hydrogens is 330 g/mol. The molecule has 3 atom stereocenters. The van der Waals surface area contributed by atoms with Crippen molar-refractivity contribution < 1.29 is 14.6 Å². The predicted octanol–water partition coefficient (Wildman–Crippen LogP) is 1.72. The van der Waals surface area contributed by atoms with Gasteiger partial charge in [-0.05, 0) is 25.8 Å². The molecule has 2 N–H and O–H groups in total. The predicted molar refractivity (Wildman–Crippen MR) is 96.8 cm³/mol. The van der Waals surface area contributed by atoms with E-state index < -0.39 is 11.7 Å². The second-order valence-corrected chi connectivity index (χ2v) is 7.57. The number of ether oxygens (including phenoxy) is 1. The minimum Gasteiger partial charge on any atom is -0.388 e. The second-order valence-electron chi connectivity index (χ2n) is 7.57. The number of rotatable bonds is 3. The van der Waals surface area contributed by atoms with Crippen molar-refractivity contribution in [1.29, 1.82) is 0 Å². The Hall–Kier alpha value is -2.18. The third kappa shape index (κ3) is 2.93. The number of aliphatic hydroxyl groups excluding tert-OH is 1. The molecule has 3 heterocycles. The van der Waals surface area contributed by atoms with Crippen molar-refractivity contribution in [3.63, 3.8) is 0 Å². The molecule has 138 valence electrons. The molecule has 1 spiro atoms. The molecule has 0 radical (unpaired) electrons. The van der Waals surface area contributed by atoms with Gasteiger partial charge in [-0.25, -0.2) is 0 Å². The van der Waals surface area contributed by atoms with E-state index in [1.54, 1.807) is 4.90 Å². The monoisotopic (exact) mass is 355 g/mol. The fourth-order valence-corrected chi connectivity index (χ4v) is 4.24. The van der Waals surface area contributed by atoms with Gasteiger partial charge in [0, 0.05) is 23.7 Å². The van der Waals surface area contributed by atoms with Gasteiger partial charge >= 0.3 is 0 Å². The fraction of sp³-hybridized carbons (Fsp3) is 0.500. The minimum atomic E-state index is -0.647. The maximum absolute atomic E-state index is 12.8. The van der Waals surface area contributed by atoms with Crippen LogP contribution >= 0.6 is 0 Å². The zero-order valence-electron chi connectivity index (χ0n) is 15.2. The largest absolute Gasteiger partial charge is 0.388 e. The number of aliphatic hydroxyl groups is 1. The third-order valence-electron chi connectivity index (χ3n) is 5.86. The molecule has 2 saturated heterocycles. The van der Waals surface area contributed by atoms with Crippen LogP contribution in [0.25, 0.3) is 0 Å². The standard InChI is InChI=1S/C20H25N3O3/c1-13-17(14(2)22-21-13)8-19(25)23-10-18(24)20(12-23)9-16(11-26-20)15-6-4-3-5-7-15/h3-7,16,18,24H,8-12H2,1-2H3,(H,21,22)/t16-,18-,20-/m1/s1. The van der Waals surface area contributed by atoms with Gasteiger partial charge < -0.3 is 14.7 Å². The average Bonchev–Trinajstić information content (AvgIpc) is 3.31. The number of hydrogen-bond acceptors (Lipinski definition) is 4. The third-order valence-corrected chi connectivity index (χ3v) is 5.86. The Morgan fingerprint density at radius 2 is 2.15 bits per heavy atom. The lowest BCUT2D eigenvalue weighted by molar-refractivity contribution is -0.130. The topological polar surface area (TPSA) is 78.5 Å². The van der Waals surface area contributed by atoms with E-state index in [1.165, 1.54) is 5.56 Å². The zero-order chi connectivity index (χ0) is 18.3. The van der Waals surface area contributed by atoms with Crippen molar-refractivity contribution in [2.45, 2.75) is 44.3 Å². The molecule has 0 unspecified atom stereocenters. The van der Waals surface area contributed by atoms with Crippen molar-refractivity contribution in [1.82, 2.24) is 15.1 Å². The first-order chi connectivity index (χ1) is 12.5. The molecule has 0 saturated carbocycles. The van der Waals surface area contributed by atoms with Crippen molar-refractivity contribution in [2.75, 3.05) is 19.7 Å². The number of carbonyl (C=O) groups is 1. The number of aromatic nitrogens is 2. The van der Waals surface area contributed by atoms with Gasteiger partial charge in [-0.1, -0.05) is 30.3 Å². The summed E-state index contributed by atoms with van der Waals surface area (Å²) in [5.74, 6) is 0.277. The van der Waals surface area contributed by atoms with Crippen molar-refractivity contribution >= 4 is 5.91 Å². The fourth-order valence-electron chi connectivity index (χ4n) is 4.24.